The minimum absolute atomic E-state index is 0.0619. The van der Waals surface area contributed by atoms with Crippen molar-refractivity contribution in [3.63, 3.8) is 0 Å². The first-order valence-electron chi connectivity index (χ1n) is 11.2. The number of anilines is 3. The van der Waals surface area contributed by atoms with E-state index in [4.69, 9.17) is 16.3 Å². The molecule has 0 saturated carbocycles. The Kier molecular flexibility index (Phi) is 6.40. The molecule has 1 aliphatic rings. The topological polar surface area (TPSA) is 101 Å². The first-order chi connectivity index (χ1) is 16.0. The van der Waals surface area contributed by atoms with Gasteiger partial charge in [0, 0.05) is 48.0 Å². The van der Waals surface area contributed by atoms with Gasteiger partial charge in [0.2, 0.25) is 5.91 Å². The largest absolute Gasteiger partial charge is 0.444 e. The molecular weight excluding hydrogens is 456 g/mol. The van der Waals surface area contributed by atoms with Gasteiger partial charge in [0.05, 0.1) is 5.02 Å². The zero-order valence-electron chi connectivity index (χ0n) is 20.0. The highest BCUT2D eigenvalue weighted by atomic mass is 35.5. The molecule has 0 bridgehead atoms. The molecule has 1 aromatic carbocycles. The van der Waals surface area contributed by atoms with E-state index in [0.29, 0.717) is 28.9 Å². The molecule has 3 aromatic rings. The van der Waals surface area contributed by atoms with Crippen LogP contribution in [0.15, 0.2) is 30.5 Å². The molecule has 2 amide bonds. The first-order valence-corrected chi connectivity index (χ1v) is 11.6. The van der Waals surface area contributed by atoms with Crippen molar-refractivity contribution < 1.29 is 14.3 Å². The smallest absolute Gasteiger partial charge is 0.412 e. The Morgan fingerprint density at radius 1 is 1.18 bits per heavy atom. The Hall–Kier alpha value is -3.33. The minimum atomic E-state index is -0.605. The van der Waals surface area contributed by atoms with E-state index in [-0.39, 0.29) is 18.5 Å². The third kappa shape index (κ3) is 5.41. The normalized spacial score (nSPS) is 14.2. The summed E-state index contributed by atoms with van der Waals surface area (Å²) in [4.78, 5) is 31.0. The number of rotatable bonds is 4. The lowest BCUT2D eigenvalue weighted by atomic mass is 10.1. The van der Waals surface area contributed by atoms with Crippen molar-refractivity contribution in [2.45, 2.75) is 59.2 Å². The lowest BCUT2D eigenvalue weighted by molar-refractivity contribution is -0.133. The van der Waals surface area contributed by atoms with E-state index >= 15 is 0 Å². The molecule has 9 nitrogen and oxygen atoms in total. The van der Waals surface area contributed by atoms with Gasteiger partial charge < -0.3 is 15.0 Å². The molecule has 0 radical (unpaired) electrons. The second kappa shape index (κ2) is 9.13. The van der Waals surface area contributed by atoms with Crippen LogP contribution in [0.4, 0.5) is 22.1 Å². The highest BCUT2D eigenvalue weighted by Gasteiger charge is 2.24. The lowest BCUT2D eigenvalue weighted by Crippen LogP contribution is -2.38. The van der Waals surface area contributed by atoms with Gasteiger partial charge in [0.15, 0.2) is 5.82 Å². The number of carbonyl (C=O) groups excluding carboxylic acids is 2. The highest BCUT2D eigenvalue weighted by Crippen LogP contribution is 2.30. The van der Waals surface area contributed by atoms with Crippen LogP contribution >= 0.6 is 11.6 Å². The summed E-state index contributed by atoms with van der Waals surface area (Å²) in [5.41, 5.74) is 0.907. The van der Waals surface area contributed by atoms with Gasteiger partial charge in [-0.05, 0) is 58.2 Å². The summed E-state index contributed by atoms with van der Waals surface area (Å²) in [7, 11) is 0. The first kappa shape index (κ1) is 23.8. The zero-order chi connectivity index (χ0) is 24.6. The van der Waals surface area contributed by atoms with Crippen molar-refractivity contribution in [2.24, 2.45) is 0 Å². The van der Waals surface area contributed by atoms with Crippen molar-refractivity contribution >= 4 is 51.7 Å². The predicted molar refractivity (Wildman–Crippen MR) is 133 cm³/mol. The van der Waals surface area contributed by atoms with Gasteiger partial charge in [-0.25, -0.2) is 9.78 Å². The fraction of sp³-hybridized carbons (Fsp3) is 0.417. The summed E-state index contributed by atoms with van der Waals surface area (Å²) < 4.78 is 7.06. The van der Waals surface area contributed by atoms with Gasteiger partial charge in [0.25, 0.3) is 0 Å². The van der Waals surface area contributed by atoms with Crippen LogP contribution in [0.25, 0.3) is 10.8 Å². The van der Waals surface area contributed by atoms with E-state index in [1.807, 2.05) is 30.9 Å². The highest BCUT2D eigenvalue weighted by molar-refractivity contribution is 6.36. The number of halogens is 1. The molecule has 0 spiro atoms. The molecule has 34 heavy (non-hydrogen) atoms. The van der Waals surface area contributed by atoms with Gasteiger partial charge in [-0.2, -0.15) is 5.10 Å². The molecule has 10 heteroatoms. The number of nitrogens with one attached hydrogen (secondary N) is 2. The molecule has 1 aliphatic heterocycles. The maximum Gasteiger partial charge on any atom is 0.412 e. The standard InChI is InChI=1S/C24H29ClN6O3/c1-14(2)30-7-6-17-11-21(29-31(17)13-22(30)32)28-20-9-15-8-16(10-19(25)18(15)12-26-20)27-23(33)34-24(3,4)5/h8-12,14H,6-7,13H2,1-5H3,(H,27,33)(H,26,28,29). The van der Waals surface area contributed by atoms with E-state index in [9.17, 15) is 9.59 Å². The van der Waals surface area contributed by atoms with E-state index in [1.54, 1.807) is 43.8 Å². The predicted octanol–water partition coefficient (Wildman–Crippen LogP) is 4.97. The summed E-state index contributed by atoms with van der Waals surface area (Å²) in [6.07, 6.45) is 1.85. The third-order valence-electron chi connectivity index (χ3n) is 5.39. The Bertz CT molecular complexity index is 1250. The van der Waals surface area contributed by atoms with Gasteiger partial charge in [-0.3, -0.25) is 14.8 Å². The van der Waals surface area contributed by atoms with Crippen LogP contribution in [-0.2, 0) is 22.5 Å². The van der Waals surface area contributed by atoms with E-state index in [0.717, 1.165) is 22.9 Å². The Labute approximate surface area is 203 Å². The summed E-state index contributed by atoms with van der Waals surface area (Å²) in [6.45, 7) is 10.3. The van der Waals surface area contributed by atoms with Crippen molar-refractivity contribution in [3.8, 4) is 0 Å². The number of aromatic nitrogens is 3. The van der Waals surface area contributed by atoms with E-state index in [2.05, 4.69) is 20.7 Å². The summed E-state index contributed by atoms with van der Waals surface area (Å²) in [6, 6.07) is 7.40. The molecular formula is C24H29ClN6O3. The van der Waals surface area contributed by atoms with Crippen LogP contribution < -0.4 is 10.6 Å². The van der Waals surface area contributed by atoms with Gasteiger partial charge in [-0.1, -0.05) is 11.6 Å². The monoisotopic (exact) mass is 484 g/mol. The maximum atomic E-state index is 12.5. The molecule has 0 fully saturated rings. The van der Waals surface area contributed by atoms with Crippen LogP contribution in [0.3, 0.4) is 0 Å². The number of pyridine rings is 1. The molecule has 2 aromatic heterocycles. The minimum Gasteiger partial charge on any atom is -0.444 e. The number of nitrogens with zero attached hydrogens (tertiary/aromatic N) is 4. The molecule has 180 valence electrons. The zero-order valence-corrected chi connectivity index (χ0v) is 20.7. The quantitative estimate of drug-likeness (QED) is 0.542. The Morgan fingerprint density at radius 2 is 1.94 bits per heavy atom. The number of hydrogen-bond acceptors (Lipinski definition) is 6. The van der Waals surface area contributed by atoms with Crippen molar-refractivity contribution in [2.75, 3.05) is 17.2 Å². The Morgan fingerprint density at radius 3 is 2.65 bits per heavy atom. The van der Waals surface area contributed by atoms with Gasteiger partial charge in [0.1, 0.15) is 18.0 Å². The van der Waals surface area contributed by atoms with Crippen LogP contribution in [0.5, 0.6) is 0 Å². The summed E-state index contributed by atoms with van der Waals surface area (Å²) in [5.74, 6) is 1.25. The molecule has 2 N–H and O–H groups in total. The number of ether oxygens (including phenoxy) is 1. The molecule has 0 unspecified atom stereocenters. The van der Waals surface area contributed by atoms with Crippen molar-refractivity contribution in [3.05, 3.63) is 41.2 Å². The molecule has 0 saturated heterocycles. The van der Waals surface area contributed by atoms with Crippen LogP contribution in [0, 0.1) is 0 Å². The number of amides is 2. The molecule has 3 heterocycles. The van der Waals surface area contributed by atoms with Crippen LogP contribution in [-0.4, -0.2) is 49.9 Å². The van der Waals surface area contributed by atoms with Gasteiger partial charge in [-0.15, -0.1) is 0 Å². The van der Waals surface area contributed by atoms with Crippen molar-refractivity contribution in [1.29, 1.82) is 0 Å². The SMILES string of the molecule is CC(C)N1CCc2cc(Nc3cc4cc(NC(=O)OC(C)(C)C)cc(Cl)c4cn3)nn2CC1=O. The second-order valence-electron chi connectivity index (χ2n) is 9.61. The van der Waals surface area contributed by atoms with Crippen molar-refractivity contribution in [1.82, 2.24) is 19.7 Å². The second-order valence-corrected chi connectivity index (χ2v) is 10.0. The Balaban J connectivity index is 1.53. The van der Waals surface area contributed by atoms with E-state index in [1.165, 1.54) is 0 Å². The maximum absolute atomic E-state index is 12.5. The molecule has 0 aliphatic carbocycles. The number of hydrogen-bond donors (Lipinski definition) is 2. The van der Waals surface area contributed by atoms with Crippen LogP contribution in [0.1, 0.15) is 40.3 Å². The third-order valence-corrected chi connectivity index (χ3v) is 5.70. The fourth-order valence-electron chi connectivity index (χ4n) is 3.89. The van der Waals surface area contributed by atoms with E-state index < -0.39 is 11.7 Å². The number of benzene rings is 1. The number of carbonyl (C=O) groups is 2. The van der Waals surface area contributed by atoms with Crippen LogP contribution in [0.2, 0.25) is 5.02 Å². The van der Waals surface area contributed by atoms with Gasteiger partial charge >= 0.3 is 6.09 Å². The summed E-state index contributed by atoms with van der Waals surface area (Å²) >= 11 is 6.42. The lowest BCUT2D eigenvalue weighted by Gasteiger charge is -2.24. The summed E-state index contributed by atoms with van der Waals surface area (Å²) in [5, 5.41) is 12.5. The average molecular weight is 485 g/mol. The molecule has 0 atom stereocenters. The average Bonchev–Trinajstić information content (AvgIpc) is 2.99. The fourth-order valence-corrected chi connectivity index (χ4v) is 4.16. The number of fused-ring (bicyclic) bond motifs is 2. The molecule has 4 rings (SSSR count).